The van der Waals surface area contributed by atoms with Crippen molar-refractivity contribution in [1.82, 2.24) is 20.1 Å². The van der Waals surface area contributed by atoms with Crippen molar-refractivity contribution >= 4 is 11.8 Å². The zero-order valence-electron chi connectivity index (χ0n) is 22.4. The van der Waals surface area contributed by atoms with E-state index in [9.17, 15) is 35.9 Å². The largest absolute Gasteiger partial charge is 0.417 e. The number of rotatable bonds is 5. The number of alkyl halides is 6. The molecule has 14 heteroatoms. The Labute approximate surface area is 233 Å². The lowest BCUT2D eigenvalue weighted by Crippen LogP contribution is -2.52. The Morgan fingerprint density at radius 1 is 1.22 bits per heavy atom. The van der Waals surface area contributed by atoms with Crippen LogP contribution in [-0.2, 0) is 38.2 Å². The Kier molecular flexibility index (Phi) is 8.11. The molecule has 41 heavy (non-hydrogen) atoms. The van der Waals surface area contributed by atoms with Crippen LogP contribution in [0.4, 0.5) is 26.3 Å². The zero-order valence-corrected chi connectivity index (χ0v) is 22.4. The fourth-order valence-electron chi connectivity index (χ4n) is 6.78. The maximum atomic E-state index is 14.2. The molecule has 4 aliphatic rings. The molecule has 5 atom stereocenters. The van der Waals surface area contributed by atoms with Crippen LogP contribution in [0, 0.1) is 11.3 Å². The third-order valence-electron chi connectivity index (χ3n) is 8.74. The summed E-state index contributed by atoms with van der Waals surface area (Å²) in [7, 11) is 1.59. The van der Waals surface area contributed by atoms with Crippen molar-refractivity contribution in [2.45, 2.75) is 62.8 Å². The highest BCUT2D eigenvalue weighted by molar-refractivity contribution is 5.91. The van der Waals surface area contributed by atoms with Gasteiger partial charge < -0.3 is 24.6 Å². The second-order valence-corrected chi connectivity index (χ2v) is 11.3. The summed E-state index contributed by atoms with van der Waals surface area (Å²) in [6.07, 6.45) is -6.46. The van der Waals surface area contributed by atoms with Crippen molar-refractivity contribution in [2.75, 3.05) is 40.0 Å². The van der Waals surface area contributed by atoms with E-state index >= 15 is 0 Å². The number of allylic oxidation sites excluding steroid dienone is 1. The molecule has 4 heterocycles. The highest BCUT2D eigenvalue weighted by Crippen LogP contribution is 2.51. The van der Waals surface area contributed by atoms with Gasteiger partial charge in [0, 0.05) is 82.4 Å². The monoisotopic (exact) mass is 590 g/mol. The van der Waals surface area contributed by atoms with Gasteiger partial charge in [0.25, 0.3) is 0 Å². The van der Waals surface area contributed by atoms with E-state index in [4.69, 9.17) is 9.47 Å². The van der Waals surface area contributed by atoms with Crippen LogP contribution in [-0.4, -0.2) is 90.9 Å². The second-order valence-electron chi connectivity index (χ2n) is 11.3. The van der Waals surface area contributed by atoms with Gasteiger partial charge in [-0.2, -0.15) is 26.3 Å². The molecule has 0 aromatic carbocycles. The molecule has 2 amide bonds. The van der Waals surface area contributed by atoms with Crippen LogP contribution in [0.15, 0.2) is 24.4 Å². The van der Waals surface area contributed by atoms with Crippen molar-refractivity contribution in [3.8, 4) is 0 Å². The number of nitrogens with one attached hydrogen (secondary N) is 1. The summed E-state index contributed by atoms with van der Waals surface area (Å²) in [6.45, 7) is 1.18. The molecule has 0 radical (unpaired) electrons. The average Bonchev–Trinajstić information content (AvgIpc) is 3.45. The number of hydrogen-bond acceptors (Lipinski definition) is 6. The summed E-state index contributed by atoms with van der Waals surface area (Å²) < 4.78 is 89.2. The number of halogens is 6. The van der Waals surface area contributed by atoms with Crippen LogP contribution < -0.4 is 5.32 Å². The quantitative estimate of drug-likeness (QED) is 0.420. The number of pyridine rings is 1. The first-order chi connectivity index (χ1) is 19.3. The van der Waals surface area contributed by atoms with Gasteiger partial charge in [-0.15, -0.1) is 0 Å². The fourth-order valence-corrected chi connectivity index (χ4v) is 6.78. The number of aromatic nitrogens is 1. The summed E-state index contributed by atoms with van der Waals surface area (Å²) in [5, 5.41) is 3.58. The lowest BCUT2D eigenvalue weighted by molar-refractivity contribution is -0.144. The SMILES string of the molecule is COC1COCCC1NC1CC2CN(C(=O)C=CC(F)(F)F)CC2(C(=O)N2CCc3ncc(C(F)(F)F)cc3C2)C1. The Hall–Kier alpha value is -2.71. The van der Waals surface area contributed by atoms with Crippen LogP contribution in [0.2, 0.25) is 0 Å². The number of carbonyl (C=O) groups excluding carboxylic acids is 2. The Bertz CT molecular complexity index is 1190. The lowest BCUT2D eigenvalue weighted by atomic mass is 9.78. The van der Waals surface area contributed by atoms with E-state index in [2.05, 4.69) is 10.3 Å². The average molecular weight is 591 g/mol. The first-order valence-corrected chi connectivity index (χ1v) is 13.5. The van der Waals surface area contributed by atoms with Gasteiger partial charge >= 0.3 is 12.4 Å². The van der Waals surface area contributed by atoms with Gasteiger partial charge in [0.2, 0.25) is 11.8 Å². The third kappa shape index (κ3) is 6.24. The number of carbonyl (C=O) groups is 2. The highest BCUT2D eigenvalue weighted by atomic mass is 19.4. The van der Waals surface area contributed by atoms with Crippen molar-refractivity contribution in [2.24, 2.45) is 11.3 Å². The standard InChI is InChI=1S/C27H32F6N4O4/c1-40-22-14-41-7-4-21(22)35-19-9-18-13-37(23(38)2-5-26(28,29)30)15-25(18,10-19)24(39)36-6-3-20-16(12-36)8-17(11-34-20)27(31,32)33/h2,5,8,11,18-19,21-22,35H,3-4,6-7,9-10,12-15H2,1H3. The molecule has 3 fully saturated rings. The molecule has 1 saturated carbocycles. The number of methoxy groups -OCH3 is 1. The zero-order chi connectivity index (χ0) is 29.6. The number of hydrogen-bond donors (Lipinski definition) is 1. The van der Waals surface area contributed by atoms with Gasteiger partial charge in [-0.1, -0.05) is 0 Å². The first kappa shape index (κ1) is 29.8. The number of likely N-dealkylation sites (tertiary alicyclic amines) is 1. The molecular weight excluding hydrogens is 558 g/mol. The molecule has 2 saturated heterocycles. The predicted octanol–water partition coefficient (Wildman–Crippen LogP) is 3.10. The van der Waals surface area contributed by atoms with E-state index in [0.717, 1.165) is 12.3 Å². The highest BCUT2D eigenvalue weighted by Gasteiger charge is 2.59. The number of amides is 2. The topological polar surface area (TPSA) is 84.0 Å². The van der Waals surface area contributed by atoms with E-state index in [0.29, 0.717) is 49.8 Å². The molecule has 1 aromatic heterocycles. The van der Waals surface area contributed by atoms with Gasteiger partial charge in [0.05, 0.1) is 23.7 Å². The van der Waals surface area contributed by atoms with Crippen LogP contribution in [0.3, 0.4) is 0 Å². The smallest absolute Gasteiger partial charge is 0.379 e. The van der Waals surface area contributed by atoms with E-state index in [-0.39, 0.29) is 68.7 Å². The van der Waals surface area contributed by atoms with Crippen LogP contribution in [0.5, 0.6) is 0 Å². The molecule has 3 aliphatic heterocycles. The van der Waals surface area contributed by atoms with Gasteiger partial charge in [0.15, 0.2) is 0 Å². The maximum absolute atomic E-state index is 14.2. The van der Waals surface area contributed by atoms with E-state index < -0.39 is 29.2 Å². The van der Waals surface area contributed by atoms with Gasteiger partial charge in [0.1, 0.15) is 0 Å². The summed E-state index contributed by atoms with van der Waals surface area (Å²) in [4.78, 5) is 33.7. The second kappa shape index (κ2) is 11.2. The first-order valence-electron chi connectivity index (χ1n) is 13.5. The molecule has 5 unspecified atom stereocenters. The van der Waals surface area contributed by atoms with Gasteiger partial charge in [-0.3, -0.25) is 14.6 Å². The van der Waals surface area contributed by atoms with Crippen LogP contribution >= 0.6 is 0 Å². The van der Waals surface area contributed by atoms with Gasteiger partial charge in [-0.05, 0) is 36.8 Å². The third-order valence-corrected chi connectivity index (χ3v) is 8.74. The van der Waals surface area contributed by atoms with Gasteiger partial charge in [-0.25, -0.2) is 0 Å². The maximum Gasteiger partial charge on any atom is 0.417 e. The minimum Gasteiger partial charge on any atom is -0.379 e. The minimum absolute atomic E-state index is 0.0223. The Morgan fingerprint density at radius 2 is 2.00 bits per heavy atom. The van der Waals surface area contributed by atoms with Crippen molar-refractivity contribution in [3.05, 3.63) is 41.2 Å². The molecule has 8 nitrogen and oxygen atoms in total. The molecule has 0 spiro atoms. The Morgan fingerprint density at radius 3 is 2.71 bits per heavy atom. The van der Waals surface area contributed by atoms with Crippen molar-refractivity contribution < 1.29 is 45.4 Å². The molecule has 1 aliphatic carbocycles. The summed E-state index contributed by atoms with van der Waals surface area (Å²) in [5.74, 6) is -1.47. The van der Waals surface area contributed by atoms with Crippen molar-refractivity contribution in [3.63, 3.8) is 0 Å². The van der Waals surface area contributed by atoms with Crippen LogP contribution in [0.1, 0.15) is 36.1 Å². The molecule has 5 rings (SSSR count). The predicted molar refractivity (Wildman–Crippen MR) is 132 cm³/mol. The number of fused-ring (bicyclic) bond motifs is 2. The number of ether oxygens (including phenoxy) is 2. The normalized spacial score (nSPS) is 30.5. The molecule has 1 aromatic rings. The summed E-state index contributed by atoms with van der Waals surface area (Å²) >= 11 is 0. The van der Waals surface area contributed by atoms with E-state index in [1.165, 1.54) is 9.80 Å². The minimum atomic E-state index is -4.65. The van der Waals surface area contributed by atoms with Crippen molar-refractivity contribution in [1.29, 1.82) is 0 Å². The fraction of sp³-hybridized carbons (Fsp3) is 0.667. The molecular formula is C27H32F6N4O4. The number of nitrogens with zero attached hydrogens (tertiary/aromatic N) is 3. The van der Waals surface area contributed by atoms with E-state index in [1.54, 1.807) is 7.11 Å². The van der Waals surface area contributed by atoms with Crippen LogP contribution in [0.25, 0.3) is 0 Å². The Balaban J connectivity index is 1.38. The lowest BCUT2D eigenvalue weighted by Gasteiger charge is -2.37. The molecule has 226 valence electrons. The summed E-state index contributed by atoms with van der Waals surface area (Å²) in [5.41, 5.74) is -1.18. The van der Waals surface area contributed by atoms with E-state index in [1.807, 2.05) is 0 Å². The molecule has 1 N–H and O–H groups in total. The summed E-state index contributed by atoms with van der Waals surface area (Å²) in [6, 6.07) is 0.868. The molecule has 0 bridgehead atoms.